The van der Waals surface area contributed by atoms with Crippen molar-refractivity contribution in [2.75, 3.05) is 13.2 Å². The van der Waals surface area contributed by atoms with Crippen molar-refractivity contribution in [2.24, 2.45) is 5.92 Å². The first-order chi connectivity index (χ1) is 18.5. The van der Waals surface area contributed by atoms with E-state index in [4.69, 9.17) is 4.74 Å². The van der Waals surface area contributed by atoms with E-state index >= 15 is 0 Å². The maximum atomic E-state index is 12.4. The van der Waals surface area contributed by atoms with Crippen LogP contribution in [0.25, 0.3) is 0 Å². The highest BCUT2D eigenvalue weighted by atomic mass is 16.5. The van der Waals surface area contributed by atoms with Crippen LogP contribution in [-0.2, 0) is 29.5 Å². The third-order valence-electron chi connectivity index (χ3n) is 8.27. The number of carbonyl (C=O) groups excluding carboxylic acids is 1. The molecule has 5 heteroatoms. The van der Waals surface area contributed by atoms with Crippen molar-refractivity contribution in [3.05, 3.63) is 95.3 Å². The number of aliphatic hydroxyl groups is 1. The SMILES string of the molecule is CC#C[C@@]1(O)CC[C@@]2(Cc3ccccc3)c3ccc(OCC(=O)NCCc4cccnc4)cc3CC[C@@H]2C1. The van der Waals surface area contributed by atoms with E-state index in [0.717, 1.165) is 43.4 Å². The van der Waals surface area contributed by atoms with E-state index < -0.39 is 5.60 Å². The summed E-state index contributed by atoms with van der Waals surface area (Å²) in [5.41, 5.74) is 4.12. The van der Waals surface area contributed by atoms with Crippen molar-refractivity contribution in [3.63, 3.8) is 0 Å². The van der Waals surface area contributed by atoms with E-state index in [9.17, 15) is 9.90 Å². The second-order valence-corrected chi connectivity index (χ2v) is 10.7. The summed E-state index contributed by atoms with van der Waals surface area (Å²) >= 11 is 0. The predicted molar refractivity (Wildman–Crippen MR) is 149 cm³/mol. The van der Waals surface area contributed by atoms with Crippen LogP contribution in [0.2, 0.25) is 0 Å². The highest BCUT2D eigenvalue weighted by Gasteiger charge is 2.51. The summed E-state index contributed by atoms with van der Waals surface area (Å²) in [4.78, 5) is 16.5. The van der Waals surface area contributed by atoms with Gasteiger partial charge in [-0.15, -0.1) is 5.92 Å². The molecule has 0 aliphatic heterocycles. The molecule has 1 fully saturated rings. The number of nitrogens with one attached hydrogen (secondary N) is 1. The summed E-state index contributed by atoms with van der Waals surface area (Å²) < 4.78 is 5.91. The van der Waals surface area contributed by atoms with E-state index in [1.54, 1.807) is 6.20 Å². The van der Waals surface area contributed by atoms with Crippen molar-refractivity contribution >= 4 is 5.91 Å². The first-order valence-electron chi connectivity index (χ1n) is 13.6. The van der Waals surface area contributed by atoms with Crippen molar-refractivity contribution in [1.29, 1.82) is 0 Å². The van der Waals surface area contributed by atoms with E-state index in [1.165, 1.54) is 16.7 Å². The van der Waals surface area contributed by atoms with Gasteiger partial charge >= 0.3 is 0 Å². The molecule has 2 aromatic carbocycles. The van der Waals surface area contributed by atoms with Crippen LogP contribution in [0.3, 0.4) is 0 Å². The number of hydrogen-bond donors (Lipinski definition) is 2. The van der Waals surface area contributed by atoms with Crippen LogP contribution in [0.4, 0.5) is 0 Å². The molecule has 1 heterocycles. The number of rotatable bonds is 8. The van der Waals surface area contributed by atoms with Gasteiger partial charge in [0.25, 0.3) is 5.91 Å². The number of aryl methyl sites for hydroxylation is 1. The summed E-state index contributed by atoms with van der Waals surface area (Å²) in [7, 11) is 0. The number of fused-ring (bicyclic) bond motifs is 3. The topological polar surface area (TPSA) is 71.5 Å². The quantitative estimate of drug-likeness (QED) is 0.429. The number of carbonyl (C=O) groups is 1. The first-order valence-corrected chi connectivity index (χ1v) is 13.6. The largest absolute Gasteiger partial charge is 0.484 e. The van der Waals surface area contributed by atoms with Crippen molar-refractivity contribution in [1.82, 2.24) is 10.3 Å². The zero-order valence-corrected chi connectivity index (χ0v) is 22.1. The van der Waals surface area contributed by atoms with Gasteiger partial charge < -0.3 is 15.2 Å². The Labute approximate surface area is 225 Å². The summed E-state index contributed by atoms with van der Waals surface area (Å²) in [6.45, 7) is 2.35. The van der Waals surface area contributed by atoms with Crippen molar-refractivity contribution in [2.45, 2.75) is 62.9 Å². The fourth-order valence-corrected chi connectivity index (χ4v) is 6.48. The van der Waals surface area contributed by atoms with Crippen LogP contribution in [0.5, 0.6) is 5.75 Å². The lowest BCUT2D eigenvalue weighted by Crippen LogP contribution is -2.50. The molecule has 0 unspecified atom stereocenters. The Balaban J connectivity index is 1.29. The number of hydrogen-bond acceptors (Lipinski definition) is 4. The average Bonchev–Trinajstić information content (AvgIpc) is 2.93. The molecule has 0 spiro atoms. The molecule has 1 amide bonds. The zero-order valence-electron chi connectivity index (χ0n) is 22.1. The fourth-order valence-electron chi connectivity index (χ4n) is 6.48. The summed E-state index contributed by atoms with van der Waals surface area (Å²) in [5, 5.41) is 14.1. The Bertz CT molecular complexity index is 1310. The molecule has 5 nitrogen and oxygen atoms in total. The Hall–Kier alpha value is -3.62. The van der Waals surface area contributed by atoms with Gasteiger partial charge in [0.2, 0.25) is 0 Å². The molecule has 1 saturated carbocycles. The van der Waals surface area contributed by atoms with Gasteiger partial charge in [0.05, 0.1) is 0 Å². The van der Waals surface area contributed by atoms with Gasteiger partial charge in [-0.2, -0.15) is 0 Å². The van der Waals surface area contributed by atoms with Gasteiger partial charge in [0.1, 0.15) is 11.4 Å². The number of amides is 1. The minimum Gasteiger partial charge on any atom is -0.484 e. The maximum Gasteiger partial charge on any atom is 0.257 e. The van der Waals surface area contributed by atoms with Gasteiger partial charge in [-0.1, -0.05) is 48.4 Å². The molecular weight excluding hydrogens is 472 g/mol. The predicted octanol–water partition coefficient (Wildman–Crippen LogP) is 4.80. The molecule has 1 aromatic heterocycles. The number of aromatic nitrogens is 1. The van der Waals surface area contributed by atoms with E-state index in [1.807, 2.05) is 31.3 Å². The smallest absolute Gasteiger partial charge is 0.257 e. The van der Waals surface area contributed by atoms with Gasteiger partial charge in [-0.25, -0.2) is 0 Å². The lowest BCUT2D eigenvalue weighted by molar-refractivity contribution is -0.123. The maximum absolute atomic E-state index is 12.4. The lowest BCUT2D eigenvalue weighted by atomic mass is 9.52. The Kier molecular flexibility index (Phi) is 7.81. The molecule has 0 bridgehead atoms. The Morgan fingerprint density at radius 1 is 1.13 bits per heavy atom. The van der Waals surface area contributed by atoms with Gasteiger partial charge in [0.15, 0.2) is 6.61 Å². The molecular formula is C33H36N2O3. The van der Waals surface area contributed by atoms with Gasteiger partial charge in [-0.05, 0) is 98.2 Å². The number of nitrogens with zero attached hydrogens (tertiary/aromatic N) is 1. The fraction of sp³-hybridized carbons (Fsp3) is 0.394. The van der Waals surface area contributed by atoms with E-state index in [2.05, 4.69) is 64.6 Å². The van der Waals surface area contributed by atoms with Crippen LogP contribution in [0.15, 0.2) is 73.1 Å². The molecule has 2 aliphatic carbocycles. The second-order valence-electron chi connectivity index (χ2n) is 10.7. The van der Waals surface area contributed by atoms with Crippen LogP contribution in [0.1, 0.15) is 54.9 Å². The summed E-state index contributed by atoms with van der Waals surface area (Å²) in [5.74, 6) is 7.01. The monoisotopic (exact) mass is 508 g/mol. The summed E-state index contributed by atoms with van der Waals surface area (Å²) in [6, 6.07) is 20.9. The Morgan fingerprint density at radius 3 is 2.76 bits per heavy atom. The molecule has 38 heavy (non-hydrogen) atoms. The molecule has 3 aromatic rings. The highest BCUT2D eigenvalue weighted by molar-refractivity contribution is 5.77. The number of benzene rings is 2. The zero-order chi connectivity index (χ0) is 26.4. The molecule has 2 N–H and O–H groups in total. The van der Waals surface area contributed by atoms with Gasteiger partial charge in [-0.3, -0.25) is 9.78 Å². The lowest BCUT2D eigenvalue weighted by Gasteiger charge is -2.52. The van der Waals surface area contributed by atoms with Crippen molar-refractivity contribution in [3.8, 4) is 17.6 Å². The van der Waals surface area contributed by atoms with Crippen LogP contribution >= 0.6 is 0 Å². The van der Waals surface area contributed by atoms with E-state index in [0.29, 0.717) is 25.3 Å². The molecule has 3 atom stereocenters. The van der Waals surface area contributed by atoms with Gasteiger partial charge in [0, 0.05) is 24.4 Å². The Morgan fingerprint density at radius 2 is 1.97 bits per heavy atom. The molecule has 0 radical (unpaired) electrons. The normalized spacial score (nSPS) is 23.8. The van der Waals surface area contributed by atoms with Crippen molar-refractivity contribution < 1.29 is 14.6 Å². The number of pyridine rings is 1. The molecule has 0 saturated heterocycles. The average molecular weight is 509 g/mol. The van der Waals surface area contributed by atoms with E-state index in [-0.39, 0.29) is 17.9 Å². The standard InChI is InChI=1S/C33H36N2O3/c1-2-15-32(37)16-17-33(21-25-7-4-3-5-8-25)28(22-32)11-10-27-20-29(12-13-30(27)33)38-24-31(36)35-19-14-26-9-6-18-34-23-26/h3-9,12-13,18,20,23,28,37H,10-11,14,16-17,19,21-22,24H2,1H3,(H,35,36)/t28-,32-,33+/m1/s1. The van der Waals surface area contributed by atoms with Crippen LogP contribution in [0, 0.1) is 17.8 Å². The van der Waals surface area contributed by atoms with Crippen LogP contribution in [-0.4, -0.2) is 34.8 Å². The minimum atomic E-state index is -0.898. The molecule has 2 aliphatic rings. The summed E-state index contributed by atoms with van der Waals surface area (Å²) in [6.07, 6.45) is 9.45. The third kappa shape index (κ3) is 5.76. The minimum absolute atomic E-state index is 0.00761. The first kappa shape index (κ1) is 26.0. The second kappa shape index (κ2) is 11.4. The number of ether oxygens (including phenoxy) is 1. The highest BCUT2D eigenvalue weighted by Crippen LogP contribution is 2.54. The molecule has 196 valence electrons. The van der Waals surface area contributed by atoms with Crippen LogP contribution < -0.4 is 10.1 Å². The third-order valence-corrected chi connectivity index (χ3v) is 8.27. The molecule has 5 rings (SSSR count).